The summed E-state index contributed by atoms with van der Waals surface area (Å²) in [5, 5.41) is 3.11. The molecule has 2 aromatic heterocycles. The largest absolute Gasteiger partial charge is 0.462 e. The van der Waals surface area contributed by atoms with Gasteiger partial charge in [-0.15, -0.1) is 11.3 Å². The van der Waals surface area contributed by atoms with Gasteiger partial charge in [0.2, 0.25) is 0 Å². The average Bonchev–Trinajstić information content (AvgIpc) is 3.10. The molecule has 0 aliphatic heterocycles. The van der Waals surface area contributed by atoms with Gasteiger partial charge >= 0.3 is 11.9 Å². The van der Waals surface area contributed by atoms with Gasteiger partial charge < -0.3 is 19.8 Å². The lowest BCUT2D eigenvalue weighted by molar-refractivity contribution is -0.123. The zero-order valence-corrected chi connectivity index (χ0v) is 21.2. The van der Waals surface area contributed by atoms with Crippen molar-refractivity contribution in [3.8, 4) is 0 Å². The van der Waals surface area contributed by atoms with Crippen molar-refractivity contribution in [2.24, 2.45) is 0 Å². The fraction of sp³-hybridized carbons (Fsp3) is 0.542. The van der Waals surface area contributed by atoms with Crippen molar-refractivity contribution < 1.29 is 23.9 Å². The van der Waals surface area contributed by atoms with E-state index in [0.717, 1.165) is 36.1 Å². The molecule has 1 aliphatic rings. The van der Waals surface area contributed by atoms with Gasteiger partial charge in [-0.25, -0.2) is 14.6 Å². The summed E-state index contributed by atoms with van der Waals surface area (Å²) in [5.74, 6) is -1.57. The number of aromatic nitrogens is 2. The van der Waals surface area contributed by atoms with Gasteiger partial charge in [-0.1, -0.05) is 20.8 Å². The number of hydrogen-bond donors (Lipinski definition) is 2. The molecule has 0 saturated carbocycles. The highest BCUT2D eigenvalue weighted by molar-refractivity contribution is 7.17. The van der Waals surface area contributed by atoms with Crippen LogP contribution < -0.4 is 10.9 Å². The van der Waals surface area contributed by atoms with Gasteiger partial charge in [0.05, 0.1) is 17.9 Å². The second-order valence-corrected chi connectivity index (χ2v) is 10.4. The number of aromatic amines is 1. The molecule has 2 aromatic rings. The van der Waals surface area contributed by atoms with Crippen LogP contribution in [0, 0.1) is 6.92 Å². The van der Waals surface area contributed by atoms with Gasteiger partial charge in [0, 0.05) is 10.3 Å². The van der Waals surface area contributed by atoms with E-state index in [0.29, 0.717) is 16.4 Å². The molecule has 3 rings (SSSR count). The summed E-state index contributed by atoms with van der Waals surface area (Å²) in [5.41, 5.74) is 0.249. The SMILES string of the molecule is CCOC(=O)c1c(NC(=O)C(C)OC(=O)c2c(C)nc(C(C)(C)C)[nH]c2=O)sc2c1CCCC2. The first-order valence-electron chi connectivity index (χ1n) is 11.4. The second kappa shape index (κ2) is 10.1. The molecule has 2 N–H and O–H groups in total. The monoisotopic (exact) mass is 489 g/mol. The van der Waals surface area contributed by atoms with Gasteiger partial charge in [-0.3, -0.25) is 9.59 Å². The normalized spacial score (nSPS) is 14.2. The van der Waals surface area contributed by atoms with Crippen LogP contribution in [0.15, 0.2) is 4.79 Å². The third-order valence-corrected chi connectivity index (χ3v) is 6.76. The molecule has 1 aliphatic carbocycles. The molecule has 0 bridgehead atoms. The number of ether oxygens (including phenoxy) is 2. The van der Waals surface area contributed by atoms with E-state index in [9.17, 15) is 19.2 Å². The summed E-state index contributed by atoms with van der Waals surface area (Å²) < 4.78 is 10.5. The maximum absolute atomic E-state index is 12.8. The van der Waals surface area contributed by atoms with Crippen LogP contribution in [-0.4, -0.2) is 40.5 Å². The molecular weight excluding hydrogens is 458 g/mol. The van der Waals surface area contributed by atoms with Crippen LogP contribution in [-0.2, 0) is 32.5 Å². The molecule has 0 spiro atoms. The number of H-pyrrole nitrogens is 1. The van der Waals surface area contributed by atoms with Crippen LogP contribution in [0.5, 0.6) is 0 Å². The van der Waals surface area contributed by atoms with Gasteiger partial charge in [0.15, 0.2) is 6.10 Å². The zero-order valence-electron chi connectivity index (χ0n) is 20.4. The fourth-order valence-electron chi connectivity index (χ4n) is 3.74. The maximum atomic E-state index is 12.8. The zero-order chi connectivity index (χ0) is 25.2. The van der Waals surface area contributed by atoms with E-state index < -0.39 is 34.9 Å². The molecule has 0 radical (unpaired) electrons. The van der Waals surface area contributed by atoms with E-state index in [4.69, 9.17) is 9.47 Å². The average molecular weight is 490 g/mol. The summed E-state index contributed by atoms with van der Waals surface area (Å²) in [6.45, 7) is 10.6. The number of anilines is 1. The Kier molecular flexibility index (Phi) is 7.60. The van der Waals surface area contributed by atoms with E-state index in [-0.39, 0.29) is 17.9 Å². The quantitative estimate of drug-likeness (QED) is 0.593. The van der Waals surface area contributed by atoms with Crippen LogP contribution in [0.25, 0.3) is 0 Å². The molecule has 1 unspecified atom stereocenters. The maximum Gasteiger partial charge on any atom is 0.346 e. The van der Waals surface area contributed by atoms with E-state index in [1.165, 1.54) is 18.3 Å². The van der Waals surface area contributed by atoms with Crippen molar-refractivity contribution in [2.45, 2.75) is 78.7 Å². The van der Waals surface area contributed by atoms with E-state index >= 15 is 0 Å². The highest BCUT2D eigenvalue weighted by Gasteiger charge is 2.30. The number of rotatable bonds is 6. The Bertz CT molecular complexity index is 1170. The lowest BCUT2D eigenvalue weighted by Crippen LogP contribution is -2.34. The minimum Gasteiger partial charge on any atom is -0.462 e. The predicted octanol–water partition coefficient (Wildman–Crippen LogP) is 3.68. The molecule has 0 saturated heterocycles. The lowest BCUT2D eigenvalue weighted by Gasteiger charge is -2.18. The molecule has 0 aromatic carbocycles. The third kappa shape index (κ3) is 5.38. The Balaban J connectivity index is 1.79. The van der Waals surface area contributed by atoms with Gasteiger partial charge in [0.1, 0.15) is 16.4 Å². The predicted molar refractivity (Wildman–Crippen MR) is 129 cm³/mol. The van der Waals surface area contributed by atoms with Crippen molar-refractivity contribution in [3.63, 3.8) is 0 Å². The van der Waals surface area contributed by atoms with E-state index in [2.05, 4.69) is 15.3 Å². The molecular formula is C24H31N3O6S. The number of carbonyl (C=O) groups excluding carboxylic acids is 3. The van der Waals surface area contributed by atoms with Gasteiger partial charge in [0.25, 0.3) is 11.5 Å². The fourth-order valence-corrected chi connectivity index (χ4v) is 5.02. The molecule has 34 heavy (non-hydrogen) atoms. The topological polar surface area (TPSA) is 127 Å². The first-order valence-corrected chi connectivity index (χ1v) is 12.2. The standard InChI is InChI=1S/C24H31N3O6S/c1-7-32-21(30)17-14-10-8-9-11-15(14)34-20(17)26-18(28)13(3)33-22(31)16-12(2)25-23(24(4,5)6)27-19(16)29/h13H,7-11H2,1-6H3,(H,26,28)(H,25,27,29). The van der Waals surface area contributed by atoms with Crippen molar-refractivity contribution in [2.75, 3.05) is 11.9 Å². The number of nitrogens with zero attached hydrogens (tertiary/aromatic N) is 1. The van der Waals surface area contributed by atoms with Gasteiger partial charge in [-0.05, 0) is 52.0 Å². The van der Waals surface area contributed by atoms with Crippen LogP contribution >= 0.6 is 11.3 Å². The Hall–Kier alpha value is -3.01. The minimum absolute atomic E-state index is 0.223. The highest BCUT2D eigenvalue weighted by Crippen LogP contribution is 2.38. The van der Waals surface area contributed by atoms with Crippen LogP contribution in [0.1, 0.15) is 90.1 Å². The van der Waals surface area contributed by atoms with Crippen molar-refractivity contribution >= 4 is 34.2 Å². The van der Waals surface area contributed by atoms with Gasteiger partial charge in [-0.2, -0.15) is 0 Å². The molecule has 10 heteroatoms. The Morgan fingerprint density at radius 3 is 2.44 bits per heavy atom. The number of fused-ring (bicyclic) bond motifs is 1. The lowest BCUT2D eigenvalue weighted by atomic mass is 9.95. The van der Waals surface area contributed by atoms with Crippen molar-refractivity contribution in [1.82, 2.24) is 9.97 Å². The van der Waals surface area contributed by atoms with Crippen LogP contribution in [0.3, 0.4) is 0 Å². The molecule has 1 amide bonds. The molecule has 0 fully saturated rings. The minimum atomic E-state index is -1.21. The van der Waals surface area contributed by atoms with Crippen molar-refractivity contribution in [1.29, 1.82) is 0 Å². The summed E-state index contributed by atoms with van der Waals surface area (Å²) in [6, 6.07) is 0. The first-order chi connectivity index (χ1) is 15.9. The Morgan fingerprint density at radius 1 is 1.15 bits per heavy atom. The summed E-state index contributed by atoms with van der Waals surface area (Å²) in [6.07, 6.45) is 2.37. The summed E-state index contributed by atoms with van der Waals surface area (Å²) in [7, 11) is 0. The number of esters is 2. The molecule has 9 nitrogen and oxygen atoms in total. The second-order valence-electron chi connectivity index (χ2n) is 9.30. The van der Waals surface area contributed by atoms with Crippen LogP contribution in [0.2, 0.25) is 0 Å². The van der Waals surface area contributed by atoms with E-state index in [1.807, 2.05) is 20.8 Å². The first kappa shape index (κ1) is 25.6. The van der Waals surface area contributed by atoms with E-state index in [1.54, 1.807) is 13.8 Å². The Labute approximate surface area is 202 Å². The number of thiophene rings is 1. The summed E-state index contributed by atoms with van der Waals surface area (Å²) >= 11 is 1.35. The van der Waals surface area contributed by atoms with Crippen LogP contribution in [0.4, 0.5) is 5.00 Å². The summed E-state index contributed by atoms with van der Waals surface area (Å²) in [4.78, 5) is 58.7. The smallest absolute Gasteiger partial charge is 0.346 e. The number of hydrogen-bond acceptors (Lipinski definition) is 8. The number of aryl methyl sites for hydroxylation is 2. The highest BCUT2D eigenvalue weighted by atomic mass is 32.1. The molecule has 1 atom stereocenters. The Morgan fingerprint density at radius 2 is 1.82 bits per heavy atom. The number of nitrogens with one attached hydrogen (secondary N) is 2. The number of amides is 1. The van der Waals surface area contributed by atoms with Crippen molar-refractivity contribution in [3.05, 3.63) is 43.4 Å². The number of carbonyl (C=O) groups is 3. The molecule has 184 valence electrons. The molecule has 2 heterocycles. The third-order valence-electron chi connectivity index (χ3n) is 5.56.